The Bertz CT molecular complexity index is 542. The lowest BCUT2D eigenvalue weighted by molar-refractivity contribution is 0.870. The van der Waals surface area contributed by atoms with E-state index in [0.29, 0.717) is 11.5 Å². The third-order valence-electron chi connectivity index (χ3n) is 2.58. The third-order valence-corrected chi connectivity index (χ3v) is 2.78. The van der Waals surface area contributed by atoms with Gasteiger partial charge in [0.05, 0.1) is 6.04 Å². The van der Waals surface area contributed by atoms with Gasteiger partial charge < -0.3 is 11.1 Å². The molecule has 2 aromatic rings. The van der Waals surface area contributed by atoms with Crippen molar-refractivity contribution in [1.29, 1.82) is 0 Å². The molecule has 0 saturated heterocycles. The van der Waals surface area contributed by atoms with Crippen LogP contribution in [0.4, 0.5) is 5.82 Å². The highest BCUT2D eigenvalue weighted by molar-refractivity contribution is 7.80. The zero-order chi connectivity index (χ0) is 13.0. The molecule has 0 aliphatic heterocycles. The molecule has 4 nitrogen and oxygen atoms in total. The standard InChI is InChI=1S/C13H14N4S/c1-9(10-5-3-2-4-6-10)17-13-11(12(14)18)15-7-8-16-13/h2-9H,1H3,(H2,14,18)(H,16,17). The van der Waals surface area contributed by atoms with Gasteiger partial charge in [0.15, 0.2) is 5.82 Å². The Labute approximate surface area is 111 Å². The molecule has 0 fully saturated rings. The molecular weight excluding hydrogens is 244 g/mol. The lowest BCUT2D eigenvalue weighted by Crippen LogP contribution is -2.17. The lowest BCUT2D eigenvalue weighted by atomic mass is 10.1. The van der Waals surface area contributed by atoms with Gasteiger partial charge in [-0.05, 0) is 12.5 Å². The number of aromatic nitrogens is 2. The maximum Gasteiger partial charge on any atom is 0.155 e. The molecule has 0 amide bonds. The fourth-order valence-corrected chi connectivity index (χ4v) is 1.80. The van der Waals surface area contributed by atoms with Crippen molar-refractivity contribution >= 4 is 23.0 Å². The number of nitrogens with one attached hydrogen (secondary N) is 1. The molecule has 92 valence electrons. The van der Waals surface area contributed by atoms with Gasteiger partial charge in [0.25, 0.3) is 0 Å². The highest BCUT2D eigenvalue weighted by Crippen LogP contribution is 2.18. The van der Waals surface area contributed by atoms with Crippen molar-refractivity contribution in [2.75, 3.05) is 5.32 Å². The van der Waals surface area contributed by atoms with Crippen LogP contribution in [0.3, 0.4) is 0 Å². The number of anilines is 1. The van der Waals surface area contributed by atoms with Crippen LogP contribution in [0.2, 0.25) is 0 Å². The number of thiocarbonyl (C=S) groups is 1. The second-order valence-corrected chi connectivity index (χ2v) is 4.33. The number of hydrogen-bond donors (Lipinski definition) is 2. The minimum Gasteiger partial charge on any atom is -0.388 e. The Morgan fingerprint density at radius 2 is 1.89 bits per heavy atom. The molecule has 1 unspecified atom stereocenters. The molecule has 0 radical (unpaired) electrons. The first kappa shape index (κ1) is 12.4. The lowest BCUT2D eigenvalue weighted by Gasteiger charge is -2.16. The zero-order valence-corrected chi connectivity index (χ0v) is 10.8. The van der Waals surface area contributed by atoms with Gasteiger partial charge in [-0.1, -0.05) is 42.5 Å². The van der Waals surface area contributed by atoms with Crippen LogP contribution < -0.4 is 11.1 Å². The summed E-state index contributed by atoms with van der Waals surface area (Å²) in [4.78, 5) is 8.60. The summed E-state index contributed by atoms with van der Waals surface area (Å²) in [5.74, 6) is 0.612. The van der Waals surface area contributed by atoms with E-state index >= 15 is 0 Å². The molecule has 0 spiro atoms. The molecule has 0 aliphatic carbocycles. The van der Waals surface area contributed by atoms with Crippen LogP contribution in [-0.2, 0) is 0 Å². The summed E-state index contributed by atoms with van der Waals surface area (Å²) in [6.45, 7) is 2.05. The van der Waals surface area contributed by atoms with Crippen molar-refractivity contribution in [2.24, 2.45) is 5.73 Å². The van der Waals surface area contributed by atoms with Crippen LogP contribution in [0.1, 0.15) is 24.2 Å². The minimum absolute atomic E-state index is 0.107. The molecule has 2 rings (SSSR count). The average molecular weight is 258 g/mol. The predicted octanol–water partition coefficient (Wildman–Crippen LogP) is 2.28. The largest absolute Gasteiger partial charge is 0.388 e. The molecule has 1 aromatic heterocycles. The number of rotatable bonds is 4. The molecule has 5 heteroatoms. The van der Waals surface area contributed by atoms with Gasteiger partial charge in [0.2, 0.25) is 0 Å². The first-order valence-electron chi connectivity index (χ1n) is 5.61. The highest BCUT2D eigenvalue weighted by atomic mass is 32.1. The number of nitrogens with zero attached hydrogens (tertiary/aromatic N) is 2. The normalized spacial score (nSPS) is 11.8. The number of nitrogens with two attached hydrogens (primary N) is 1. The molecular formula is C13H14N4S. The van der Waals surface area contributed by atoms with E-state index in [1.165, 1.54) is 0 Å². The molecule has 0 aliphatic rings. The van der Waals surface area contributed by atoms with Gasteiger partial charge in [-0.2, -0.15) is 0 Å². The minimum atomic E-state index is 0.107. The molecule has 0 bridgehead atoms. The predicted molar refractivity (Wildman–Crippen MR) is 76.4 cm³/mol. The van der Waals surface area contributed by atoms with Crippen LogP contribution in [0, 0.1) is 0 Å². The number of benzene rings is 1. The Balaban J connectivity index is 2.22. The smallest absolute Gasteiger partial charge is 0.155 e. The highest BCUT2D eigenvalue weighted by Gasteiger charge is 2.11. The summed E-state index contributed by atoms with van der Waals surface area (Å²) in [6, 6.07) is 10.2. The SMILES string of the molecule is CC(Nc1nccnc1C(N)=S)c1ccccc1. The quantitative estimate of drug-likeness (QED) is 0.824. The second kappa shape index (κ2) is 5.55. The average Bonchev–Trinajstić information content (AvgIpc) is 2.40. The Hall–Kier alpha value is -2.01. The van der Waals surface area contributed by atoms with E-state index < -0.39 is 0 Å². The molecule has 1 aromatic carbocycles. The van der Waals surface area contributed by atoms with Crippen LogP contribution in [0.15, 0.2) is 42.7 Å². The second-order valence-electron chi connectivity index (χ2n) is 3.89. The maximum absolute atomic E-state index is 5.62. The van der Waals surface area contributed by atoms with Crippen molar-refractivity contribution in [3.63, 3.8) is 0 Å². The summed E-state index contributed by atoms with van der Waals surface area (Å²) in [5, 5.41) is 3.27. The van der Waals surface area contributed by atoms with Crippen molar-refractivity contribution in [3.8, 4) is 0 Å². The topological polar surface area (TPSA) is 63.8 Å². The van der Waals surface area contributed by atoms with Crippen molar-refractivity contribution in [2.45, 2.75) is 13.0 Å². The van der Waals surface area contributed by atoms with E-state index in [-0.39, 0.29) is 11.0 Å². The van der Waals surface area contributed by atoms with Crippen molar-refractivity contribution in [3.05, 3.63) is 54.0 Å². The summed E-state index contributed by atoms with van der Waals surface area (Å²) >= 11 is 4.95. The van der Waals surface area contributed by atoms with Crippen LogP contribution in [0.25, 0.3) is 0 Å². The van der Waals surface area contributed by atoms with E-state index in [0.717, 1.165) is 5.56 Å². The first-order chi connectivity index (χ1) is 8.68. The van der Waals surface area contributed by atoms with Gasteiger partial charge in [0, 0.05) is 12.4 Å². The first-order valence-corrected chi connectivity index (χ1v) is 6.01. The van der Waals surface area contributed by atoms with Crippen LogP contribution >= 0.6 is 12.2 Å². The van der Waals surface area contributed by atoms with Gasteiger partial charge in [-0.25, -0.2) is 9.97 Å². The molecule has 18 heavy (non-hydrogen) atoms. The molecule has 3 N–H and O–H groups in total. The Morgan fingerprint density at radius 3 is 2.56 bits per heavy atom. The van der Waals surface area contributed by atoms with Gasteiger partial charge >= 0.3 is 0 Å². The maximum atomic E-state index is 5.62. The van der Waals surface area contributed by atoms with Gasteiger partial charge in [0.1, 0.15) is 10.7 Å². The third kappa shape index (κ3) is 2.81. The van der Waals surface area contributed by atoms with Crippen LogP contribution in [0.5, 0.6) is 0 Å². The Morgan fingerprint density at radius 1 is 1.22 bits per heavy atom. The molecule has 1 heterocycles. The van der Waals surface area contributed by atoms with E-state index in [9.17, 15) is 0 Å². The van der Waals surface area contributed by atoms with E-state index in [2.05, 4.69) is 27.4 Å². The van der Waals surface area contributed by atoms with Crippen molar-refractivity contribution in [1.82, 2.24) is 9.97 Å². The van der Waals surface area contributed by atoms with E-state index in [4.69, 9.17) is 18.0 Å². The van der Waals surface area contributed by atoms with Gasteiger partial charge in [-0.15, -0.1) is 0 Å². The fraction of sp³-hybridized carbons (Fsp3) is 0.154. The zero-order valence-electron chi connectivity index (χ0n) is 10.00. The van der Waals surface area contributed by atoms with E-state index in [1.807, 2.05) is 25.1 Å². The summed E-state index contributed by atoms with van der Waals surface area (Å²) in [5.41, 5.74) is 7.31. The molecule has 0 saturated carbocycles. The Kier molecular flexibility index (Phi) is 3.84. The van der Waals surface area contributed by atoms with Crippen molar-refractivity contribution < 1.29 is 0 Å². The number of hydrogen-bond acceptors (Lipinski definition) is 4. The van der Waals surface area contributed by atoms with Crippen LogP contribution in [-0.4, -0.2) is 15.0 Å². The summed E-state index contributed by atoms with van der Waals surface area (Å²) in [7, 11) is 0. The summed E-state index contributed by atoms with van der Waals surface area (Å²) < 4.78 is 0. The molecule has 1 atom stereocenters. The fourth-order valence-electron chi connectivity index (χ4n) is 1.65. The van der Waals surface area contributed by atoms with E-state index in [1.54, 1.807) is 12.4 Å². The monoisotopic (exact) mass is 258 g/mol. The summed E-state index contributed by atoms with van der Waals surface area (Å²) in [6.07, 6.45) is 3.19. The van der Waals surface area contributed by atoms with Gasteiger partial charge in [-0.3, -0.25) is 0 Å².